The zero-order valence-corrected chi connectivity index (χ0v) is 15.6. The molecular formula is C19H25NO6. The van der Waals surface area contributed by atoms with E-state index in [2.05, 4.69) is 0 Å². The maximum atomic E-state index is 12.2. The highest BCUT2D eigenvalue weighted by molar-refractivity contribution is 5.89. The number of morpholine rings is 1. The third kappa shape index (κ3) is 5.49. The Morgan fingerprint density at radius 3 is 2.50 bits per heavy atom. The highest BCUT2D eigenvalue weighted by atomic mass is 16.5. The van der Waals surface area contributed by atoms with Gasteiger partial charge in [-0.25, -0.2) is 4.79 Å². The summed E-state index contributed by atoms with van der Waals surface area (Å²) in [6.07, 6.45) is 2.79. The predicted octanol–water partition coefficient (Wildman–Crippen LogP) is 1.90. The molecule has 0 N–H and O–H groups in total. The van der Waals surface area contributed by atoms with E-state index in [1.54, 1.807) is 36.3 Å². The third-order valence-electron chi connectivity index (χ3n) is 3.95. The molecule has 1 aromatic rings. The summed E-state index contributed by atoms with van der Waals surface area (Å²) in [6.45, 7) is 4.53. The van der Waals surface area contributed by atoms with Crippen LogP contribution in [0.4, 0.5) is 0 Å². The summed E-state index contributed by atoms with van der Waals surface area (Å²) >= 11 is 0. The van der Waals surface area contributed by atoms with Gasteiger partial charge in [0.25, 0.3) is 5.91 Å². The molecule has 0 bridgehead atoms. The number of benzene rings is 1. The van der Waals surface area contributed by atoms with E-state index in [-0.39, 0.29) is 24.7 Å². The minimum Gasteiger partial charge on any atom is -0.497 e. The van der Waals surface area contributed by atoms with E-state index in [1.165, 1.54) is 13.2 Å². The molecule has 2 rings (SSSR count). The number of carbonyl (C=O) groups excluding carboxylic acids is 2. The Hall–Kier alpha value is -2.54. The van der Waals surface area contributed by atoms with E-state index in [9.17, 15) is 9.59 Å². The van der Waals surface area contributed by atoms with Gasteiger partial charge in [0.2, 0.25) is 0 Å². The van der Waals surface area contributed by atoms with E-state index >= 15 is 0 Å². The van der Waals surface area contributed by atoms with Crippen LogP contribution in [0.2, 0.25) is 0 Å². The molecule has 7 nitrogen and oxygen atoms in total. The summed E-state index contributed by atoms with van der Waals surface area (Å²) in [6, 6.07) is 5.25. The second kappa shape index (κ2) is 9.24. The van der Waals surface area contributed by atoms with Crippen LogP contribution in [0.1, 0.15) is 19.4 Å². The zero-order chi connectivity index (χ0) is 19.1. The fourth-order valence-corrected chi connectivity index (χ4v) is 2.77. The first-order valence-corrected chi connectivity index (χ1v) is 8.43. The monoisotopic (exact) mass is 363 g/mol. The van der Waals surface area contributed by atoms with Crippen LogP contribution in [0, 0.1) is 0 Å². The minimum absolute atomic E-state index is 0.0270. The average molecular weight is 363 g/mol. The van der Waals surface area contributed by atoms with Crippen molar-refractivity contribution in [3.8, 4) is 11.5 Å². The van der Waals surface area contributed by atoms with Crippen molar-refractivity contribution >= 4 is 18.0 Å². The molecule has 0 radical (unpaired) electrons. The topological polar surface area (TPSA) is 74.3 Å². The van der Waals surface area contributed by atoms with E-state index in [0.717, 1.165) is 0 Å². The summed E-state index contributed by atoms with van der Waals surface area (Å²) in [4.78, 5) is 25.7. The number of hydrogen-bond donors (Lipinski definition) is 0. The maximum absolute atomic E-state index is 12.2. The standard InChI is InChI=1S/C19H25NO6/c1-13-10-20(11-14(2)26-13)18(21)12-25-19(22)8-6-15-5-7-16(23-3)9-17(15)24-4/h5-9,13-14H,10-12H2,1-4H3/b8-6+/t13-,14+. The van der Waals surface area contributed by atoms with Crippen molar-refractivity contribution in [2.75, 3.05) is 33.9 Å². The summed E-state index contributed by atoms with van der Waals surface area (Å²) in [5.41, 5.74) is 0.701. The first-order valence-electron chi connectivity index (χ1n) is 8.43. The van der Waals surface area contributed by atoms with Gasteiger partial charge in [0.15, 0.2) is 6.61 Å². The fraction of sp³-hybridized carbons (Fsp3) is 0.474. The van der Waals surface area contributed by atoms with Crippen LogP contribution in [0.15, 0.2) is 24.3 Å². The number of hydrogen-bond acceptors (Lipinski definition) is 6. The third-order valence-corrected chi connectivity index (χ3v) is 3.95. The van der Waals surface area contributed by atoms with Crippen molar-refractivity contribution in [2.45, 2.75) is 26.1 Å². The van der Waals surface area contributed by atoms with E-state index in [0.29, 0.717) is 30.2 Å². The molecule has 0 aromatic heterocycles. The van der Waals surface area contributed by atoms with Gasteiger partial charge in [-0.05, 0) is 32.1 Å². The number of amides is 1. The number of ether oxygens (including phenoxy) is 4. The molecule has 1 heterocycles. The van der Waals surface area contributed by atoms with Gasteiger partial charge in [0.1, 0.15) is 11.5 Å². The zero-order valence-electron chi connectivity index (χ0n) is 15.6. The molecule has 7 heteroatoms. The summed E-state index contributed by atoms with van der Waals surface area (Å²) in [7, 11) is 3.10. The fourth-order valence-electron chi connectivity index (χ4n) is 2.77. The maximum Gasteiger partial charge on any atom is 0.331 e. The van der Waals surface area contributed by atoms with Gasteiger partial charge in [0.05, 0.1) is 26.4 Å². The summed E-state index contributed by atoms with van der Waals surface area (Å²) in [5.74, 6) is 0.406. The molecule has 0 aliphatic carbocycles. The Bertz CT molecular complexity index is 662. The van der Waals surface area contributed by atoms with Crippen LogP contribution < -0.4 is 9.47 Å². The van der Waals surface area contributed by atoms with Crippen molar-refractivity contribution in [2.24, 2.45) is 0 Å². The molecule has 0 unspecified atom stereocenters. The highest BCUT2D eigenvalue weighted by Crippen LogP contribution is 2.25. The number of esters is 1. The van der Waals surface area contributed by atoms with Crippen LogP contribution in [-0.2, 0) is 19.1 Å². The number of methoxy groups -OCH3 is 2. The molecule has 2 atom stereocenters. The van der Waals surface area contributed by atoms with Crippen molar-refractivity contribution in [3.05, 3.63) is 29.8 Å². The Labute approximate surface area is 153 Å². The van der Waals surface area contributed by atoms with Crippen LogP contribution in [0.25, 0.3) is 6.08 Å². The first kappa shape index (κ1) is 19.8. The number of rotatable bonds is 6. The van der Waals surface area contributed by atoms with Gasteiger partial charge in [-0.2, -0.15) is 0 Å². The average Bonchev–Trinajstić information content (AvgIpc) is 2.63. The Morgan fingerprint density at radius 2 is 1.88 bits per heavy atom. The van der Waals surface area contributed by atoms with Gasteiger partial charge in [-0.15, -0.1) is 0 Å². The van der Waals surface area contributed by atoms with E-state index in [1.807, 2.05) is 13.8 Å². The van der Waals surface area contributed by atoms with Gasteiger partial charge >= 0.3 is 5.97 Å². The summed E-state index contributed by atoms with van der Waals surface area (Å²) in [5, 5.41) is 0. The quantitative estimate of drug-likeness (QED) is 0.568. The molecule has 1 amide bonds. The van der Waals surface area contributed by atoms with Crippen molar-refractivity contribution in [3.63, 3.8) is 0 Å². The molecule has 0 saturated carbocycles. The molecule has 1 aliphatic rings. The summed E-state index contributed by atoms with van der Waals surface area (Å²) < 4.78 is 21.0. The lowest BCUT2D eigenvalue weighted by molar-refractivity contribution is -0.154. The highest BCUT2D eigenvalue weighted by Gasteiger charge is 2.26. The SMILES string of the molecule is COc1ccc(/C=C/C(=O)OCC(=O)N2C[C@@H](C)O[C@@H](C)C2)c(OC)c1. The Kier molecular flexibility index (Phi) is 7.03. The number of nitrogens with zero attached hydrogens (tertiary/aromatic N) is 1. The Balaban J connectivity index is 1.88. The van der Waals surface area contributed by atoms with Gasteiger partial charge in [0, 0.05) is 30.8 Å². The molecule has 1 saturated heterocycles. The molecule has 1 aliphatic heterocycles. The predicted molar refractivity (Wildman–Crippen MR) is 96.1 cm³/mol. The van der Waals surface area contributed by atoms with Crippen LogP contribution in [-0.4, -0.2) is 62.9 Å². The van der Waals surface area contributed by atoms with Gasteiger partial charge in [-0.3, -0.25) is 4.79 Å². The Morgan fingerprint density at radius 1 is 1.19 bits per heavy atom. The lowest BCUT2D eigenvalue weighted by atomic mass is 10.2. The largest absolute Gasteiger partial charge is 0.497 e. The van der Waals surface area contributed by atoms with Gasteiger partial charge in [-0.1, -0.05) is 0 Å². The van der Waals surface area contributed by atoms with E-state index in [4.69, 9.17) is 18.9 Å². The normalized spacial score (nSPS) is 20.1. The van der Waals surface area contributed by atoms with Crippen LogP contribution in [0.5, 0.6) is 11.5 Å². The minimum atomic E-state index is -0.592. The molecule has 1 fully saturated rings. The molecular weight excluding hydrogens is 338 g/mol. The van der Waals surface area contributed by atoms with Crippen molar-refractivity contribution in [1.82, 2.24) is 4.90 Å². The smallest absolute Gasteiger partial charge is 0.331 e. The molecule has 26 heavy (non-hydrogen) atoms. The molecule has 142 valence electrons. The number of carbonyl (C=O) groups is 2. The van der Waals surface area contributed by atoms with Crippen LogP contribution >= 0.6 is 0 Å². The van der Waals surface area contributed by atoms with Gasteiger partial charge < -0.3 is 23.8 Å². The molecule has 1 aromatic carbocycles. The van der Waals surface area contributed by atoms with Crippen molar-refractivity contribution in [1.29, 1.82) is 0 Å². The lowest BCUT2D eigenvalue weighted by Gasteiger charge is -2.35. The van der Waals surface area contributed by atoms with Crippen molar-refractivity contribution < 1.29 is 28.5 Å². The van der Waals surface area contributed by atoms with Crippen LogP contribution in [0.3, 0.4) is 0 Å². The lowest BCUT2D eigenvalue weighted by Crippen LogP contribution is -2.49. The second-order valence-electron chi connectivity index (χ2n) is 6.10. The second-order valence-corrected chi connectivity index (χ2v) is 6.10. The first-order chi connectivity index (χ1) is 12.4. The van der Waals surface area contributed by atoms with E-state index < -0.39 is 5.97 Å². The molecule has 0 spiro atoms.